The maximum absolute atomic E-state index is 11.7. The van der Waals surface area contributed by atoms with E-state index in [-0.39, 0.29) is 11.8 Å². The van der Waals surface area contributed by atoms with Gasteiger partial charge in [-0.1, -0.05) is 25.2 Å². The standard InChI is InChI=1S/C17H22N2O2/c1-4-5-8-16(20)18-13-6-7-14-9-11-15(12-10-14)17(21)19(2)3/h9-12H,4-5,8,13H2,1-3H3,(H,18,20). The average molecular weight is 286 g/mol. The smallest absolute Gasteiger partial charge is 0.253 e. The van der Waals surface area contributed by atoms with Gasteiger partial charge < -0.3 is 10.2 Å². The summed E-state index contributed by atoms with van der Waals surface area (Å²) in [5.41, 5.74) is 1.46. The summed E-state index contributed by atoms with van der Waals surface area (Å²) in [6.07, 6.45) is 2.47. The van der Waals surface area contributed by atoms with E-state index in [0.717, 1.165) is 18.4 Å². The lowest BCUT2D eigenvalue weighted by molar-refractivity contribution is -0.120. The first-order valence-electron chi connectivity index (χ1n) is 7.12. The van der Waals surface area contributed by atoms with Gasteiger partial charge in [-0.2, -0.15) is 0 Å². The molecule has 2 amide bonds. The molecule has 0 aliphatic rings. The Hall–Kier alpha value is -2.28. The highest BCUT2D eigenvalue weighted by atomic mass is 16.2. The van der Waals surface area contributed by atoms with Crippen molar-refractivity contribution in [3.63, 3.8) is 0 Å². The summed E-state index contributed by atoms with van der Waals surface area (Å²) in [4.78, 5) is 24.6. The van der Waals surface area contributed by atoms with Crippen molar-refractivity contribution in [2.24, 2.45) is 0 Å². The highest BCUT2D eigenvalue weighted by Gasteiger charge is 2.06. The molecule has 0 fully saturated rings. The molecular formula is C17H22N2O2. The summed E-state index contributed by atoms with van der Waals surface area (Å²) in [6.45, 7) is 2.40. The number of hydrogen-bond acceptors (Lipinski definition) is 2. The van der Waals surface area contributed by atoms with Gasteiger partial charge in [0, 0.05) is 31.6 Å². The zero-order valence-electron chi connectivity index (χ0n) is 12.9. The van der Waals surface area contributed by atoms with Crippen LogP contribution in [-0.2, 0) is 4.79 Å². The van der Waals surface area contributed by atoms with Crippen molar-refractivity contribution < 1.29 is 9.59 Å². The van der Waals surface area contributed by atoms with Gasteiger partial charge in [0.1, 0.15) is 0 Å². The summed E-state index contributed by atoms with van der Waals surface area (Å²) in [7, 11) is 3.44. The fourth-order valence-corrected chi connectivity index (χ4v) is 1.67. The third-order valence-corrected chi connectivity index (χ3v) is 2.90. The Morgan fingerprint density at radius 3 is 2.43 bits per heavy atom. The van der Waals surface area contributed by atoms with E-state index < -0.39 is 0 Å². The lowest BCUT2D eigenvalue weighted by Gasteiger charge is -2.09. The number of unbranched alkanes of at least 4 members (excludes halogenated alkanes) is 1. The van der Waals surface area contributed by atoms with Crippen molar-refractivity contribution in [3.05, 3.63) is 35.4 Å². The fourth-order valence-electron chi connectivity index (χ4n) is 1.67. The summed E-state index contributed by atoms with van der Waals surface area (Å²) in [5, 5.41) is 2.76. The van der Waals surface area contributed by atoms with E-state index in [1.807, 2.05) is 12.1 Å². The van der Waals surface area contributed by atoms with E-state index >= 15 is 0 Å². The number of rotatable bonds is 5. The van der Waals surface area contributed by atoms with Crippen LogP contribution in [0.2, 0.25) is 0 Å². The Balaban J connectivity index is 2.48. The van der Waals surface area contributed by atoms with Gasteiger partial charge in [0.25, 0.3) is 5.91 Å². The lowest BCUT2D eigenvalue weighted by atomic mass is 10.1. The molecule has 1 N–H and O–H groups in total. The highest BCUT2D eigenvalue weighted by molar-refractivity contribution is 5.93. The predicted molar refractivity (Wildman–Crippen MR) is 83.9 cm³/mol. The maximum atomic E-state index is 11.7. The molecule has 21 heavy (non-hydrogen) atoms. The van der Waals surface area contributed by atoms with Crippen LogP contribution in [0, 0.1) is 11.8 Å². The third-order valence-electron chi connectivity index (χ3n) is 2.90. The van der Waals surface area contributed by atoms with Gasteiger partial charge in [-0.05, 0) is 30.7 Å². The second kappa shape index (κ2) is 8.80. The van der Waals surface area contributed by atoms with Crippen molar-refractivity contribution in [2.75, 3.05) is 20.6 Å². The minimum atomic E-state index is -0.0299. The number of hydrogen-bond donors (Lipinski definition) is 1. The molecular weight excluding hydrogens is 264 g/mol. The number of carbonyl (C=O) groups is 2. The van der Waals surface area contributed by atoms with Gasteiger partial charge >= 0.3 is 0 Å². The van der Waals surface area contributed by atoms with Crippen LogP contribution >= 0.6 is 0 Å². The molecule has 4 nitrogen and oxygen atoms in total. The van der Waals surface area contributed by atoms with Crippen LogP contribution in [0.15, 0.2) is 24.3 Å². The van der Waals surface area contributed by atoms with Crippen molar-refractivity contribution in [1.82, 2.24) is 10.2 Å². The quantitative estimate of drug-likeness (QED) is 0.842. The molecule has 0 aliphatic carbocycles. The van der Waals surface area contributed by atoms with Crippen molar-refractivity contribution in [2.45, 2.75) is 26.2 Å². The first-order chi connectivity index (χ1) is 10.0. The van der Waals surface area contributed by atoms with Crippen LogP contribution in [0.5, 0.6) is 0 Å². The highest BCUT2D eigenvalue weighted by Crippen LogP contribution is 2.05. The van der Waals surface area contributed by atoms with Gasteiger partial charge in [-0.15, -0.1) is 0 Å². The Bertz CT molecular complexity index is 536. The van der Waals surface area contributed by atoms with Crippen molar-refractivity contribution in [1.29, 1.82) is 0 Å². The molecule has 4 heteroatoms. The summed E-state index contributed by atoms with van der Waals surface area (Å²) < 4.78 is 0. The minimum absolute atomic E-state index is 0.0299. The van der Waals surface area contributed by atoms with Gasteiger partial charge in [0.15, 0.2) is 0 Å². The summed E-state index contributed by atoms with van der Waals surface area (Å²) in [6, 6.07) is 7.13. The largest absolute Gasteiger partial charge is 0.345 e. The van der Waals surface area contributed by atoms with Gasteiger partial charge in [-0.3, -0.25) is 9.59 Å². The maximum Gasteiger partial charge on any atom is 0.253 e. The molecule has 1 rings (SSSR count). The van der Waals surface area contributed by atoms with E-state index in [1.54, 1.807) is 26.2 Å². The Kier molecular flexibility index (Phi) is 7.03. The monoisotopic (exact) mass is 286 g/mol. The minimum Gasteiger partial charge on any atom is -0.345 e. The van der Waals surface area contributed by atoms with Gasteiger partial charge in [0.05, 0.1) is 6.54 Å². The Labute approximate surface area is 126 Å². The van der Waals surface area contributed by atoms with Gasteiger partial charge in [0.2, 0.25) is 5.91 Å². The van der Waals surface area contributed by atoms with Crippen LogP contribution < -0.4 is 5.32 Å². The predicted octanol–water partition coefficient (Wildman–Crippen LogP) is 2.05. The zero-order valence-corrected chi connectivity index (χ0v) is 12.9. The third kappa shape index (κ3) is 6.13. The van der Waals surface area contributed by atoms with Crippen molar-refractivity contribution >= 4 is 11.8 Å². The SMILES string of the molecule is CCCCC(=O)NCC#Cc1ccc(C(=O)N(C)C)cc1. The van der Waals surface area contributed by atoms with Crippen LogP contribution in [0.4, 0.5) is 0 Å². The molecule has 0 aromatic heterocycles. The van der Waals surface area contributed by atoms with E-state index in [1.165, 1.54) is 4.90 Å². The number of amides is 2. The topological polar surface area (TPSA) is 49.4 Å². The molecule has 0 saturated heterocycles. The fraction of sp³-hybridized carbons (Fsp3) is 0.412. The molecule has 0 heterocycles. The van der Waals surface area contributed by atoms with E-state index in [9.17, 15) is 9.59 Å². The van der Waals surface area contributed by atoms with Gasteiger partial charge in [-0.25, -0.2) is 0 Å². The Morgan fingerprint density at radius 2 is 1.86 bits per heavy atom. The second-order valence-corrected chi connectivity index (χ2v) is 4.96. The summed E-state index contributed by atoms with van der Waals surface area (Å²) >= 11 is 0. The molecule has 1 aromatic rings. The first kappa shape index (κ1) is 16.8. The lowest BCUT2D eigenvalue weighted by Crippen LogP contribution is -2.23. The van der Waals surface area contributed by atoms with Crippen LogP contribution in [0.3, 0.4) is 0 Å². The number of nitrogens with one attached hydrogen (secondary N) is 1. The average Bonchev–Trinajstić information content (AvgIpc) is 2.49. The normalized spacial score (nSPS) is 9.48. The van der Waals surface area contributed by atoms with Crippen molar-refractivity contribution in [3.8, 4) is 11.8 Å². The molecule has 0 aliphatic heterocycles. The number of carbonyl (C=O) groups excluding carboxylic acids is 2. The molecule has 112 valence electrons. The van der Waals surface area contributed by atoms with Crippen LogP contribution in [-0.4, -0.2) is 37.4 Å². The van der Waals surface area contributed by atoms with E-state index in [0.29, 0.717) is 18.5 Å². The second-order valence-electron chi connectivity index (χ2n) is 4.96. The molecule has 0 radical (unpaired) electrons. The zero-order chi connectivity index (χ0) is 15.7. The molecule has 0 atom stereocenters. The summed E-state index contributed by atoms with van der Waals surface area (Å²) in [5.74, 6) is 5.87. The molecule has 0 unspecified atom stereocenters. The van der Waals surface area contributed by atoms with E-state index in [4.69, 9.17) is 0 Å². The van der Waals surface area contributed by atoms with Crippen LogP contribution in [0.1, 0.15) is 42.1 Å². The first-order valence-corrected chi connectivity index (χ1v) is 7.12. The number of benzene rings is 1. The molecule has 1 aromatic carbocycles. The molecule has 0 spiro atoms. The van der Waals surface area contributed by atoms with E-state index in [2.05, 4.69) is 24.1 Å². The molecule has 0 bridgehead atoms. The molecule has 0 saturated carbocycles. The Morgan fingerprint density at radius 1 is 1.19 bits per heavy atom. The van der Waals surface area contributed by atoms with Crippen LogP contribution in [0.25, 0.3) is 0 Å². The number of nitrogens with zero attached hydrogens (tertiary/aromatic N) is 1.